The molecule has 38 heavy (non-hydrogen) atoms. The Hall–Kier alpha value is -3.20. The topological polar surface area (TPSA) is 92.9 Å². The third-order valence-corrected chi connectivity index (χ3v) is 5.62. The standard InChI is InChI=1S/C17H21N3O3.C11H21NO.C2H4/c1-3-13(2)19-17-18-7-6-16(20-17)14-10-15(23-11-14)12-22-9-5-4-8-21;1-3-11(4-2)13-10-9-12-7-5-6-8-12;1-2/h4-7,10-11,21H,2-3,8-9,12H2,1H3,(H,18,19,20);3H,4-10H2,1-2H3;1-2H2/b5-4+;11-3+;. The van der Waals surface area contributed by atoms with E-state index in [4.69, 9.17) is 19.0 Å². The van der Waals surface area contributed by atoms with Crippen LogP contribution in [0.1, 0.15) is 52.2 Å². The maximum absolute atomic E-state index is 8.62. The Kier molecular flexibility index (Phi) is 18.0. The predicted molar refractivity (Wildman–Crippen MR) is 156 cm³/mol. The zero-order chi connectivity index (χ0) is 28.0. The SMILES string of the molecule is C/C=C(\CC)OCCN1CCCC1.C=C.C=C(CC)Nc1nccc(-c2coc(COC/C=C/CO)c2)n1. The van der Waals surface area contributed by atoms with E-state index in [0.717, 1.165) is 48.7 Å². The summed E-state index contributed by atoms with van der Waals surface area (Å²) in [4.78, 5) is 11.1. The maximum atomic E-state index is 8.62. The summed E-state index contributed by atoms with van der Waals surface area (Å²) in [5.41, 5.74) is 2.49. The van der Waals surface area contributed by atoms with Crippen LogP contribution in [0.3, 0.4) is 0 Å². The first kappa shape index (κ1) is 32.8. The van der Waals surface area contributed by atoms with Crippen molar-refractivity contribution >= 4 is 5.95 Å². The van der Waals surface area contributed by atoms with Gasteiger partial charge >= 0.3 is 0 Å². The first-order valence-corrected chi connectivity index (χ1v) is 13.3. The summed E-state index contributed by atoms with van der Waals surface area (Å²) in [7, 11) is 0. The van der Waals surface area contributed by atoms with Crippen molar-refractivity contribution in [1.82, 2.24) is 14.9 Å². The molecule has 2 N–H and O–H groups in total. The Morgan fingerprint density at radius 3 is 2.63 bits per heavy atom. The van der Waals surface area contributed by atoms with Crippen LogP contribution in [0.15, 0.2) is 78.4 Å². The Morgan fingerprint density at radius 1 is 1.21 bits per heavy atom. The lowest BCUT2D eigenvalue weighted by Gasteiger charge is -2.15. The van der Waals surface area contributed by atoms with Crippen molar-refractivity contribution in [3.05, 3.63) is 79.8 Å². The minimum absolute atomic E-state index is 0.0167. The van der Waals surface area contributed by atoms with Gasteiger partial charge in [0.25, 0.3) is 0 Å². The van der Waals surface area contributed by atoms with Crippen LogP contribution in [0.2, 0.25) is 0 Å². The van der Waals surface area contributed by atoms with E-state index in [1.165, 1.54) is 25.9 Å². The molecule has 0 atom stereocenters. The number of rotatable bonds is 14. The highest BCUT2D eigenvalue weighted by Crippen LogP contribution is 2.21. The number of allylic oxidation sites excluding steroid dienone is 3. The lowest BCUT2D eigenvalue weighted by atomic mass is 10.2. The number of aliphatic hydroxyl groups excluding tert-OH is 1. The molecule has 0 bridgehead atoms. The first-order valence-electron chi connectivity index (χ1n) is 13.3. The summed E-state index contributed by atoms with van der Waals surface area (Å²) >= 11 is 0. The molecule has 3 rings (SSSR count). The van der Waals surface area contributed by atoms with Crippen LogP contribution in [0, 0.1) is 0 Å². The van der Waals surface area contributed by atoms with Crippen LogP contribution < -0.4 is 5.32 Å². The van der Waals surface area contributed by atoms with E-state index in [0.29, 0.717) is 24.9 Å². The number of hydrogen-bond acceptors (Lipinski definition) is 8. The van der Waals surface area contributed by atoms with Crippen LogP contribution >= 0.6 is 0 Å². The fourth-order valence-electron chi connectivity index (χ4n) is 3.49. The number of furan rings is 1. The lowest BCUT2D eigenvalue weighted by molar-refractivity contribution is 0.131. The van der Waals surface area contributed by atoms with Gasteiger partial charge in [0.15, 0.2) is 0 Å². The van der Waals surface area contributed by atoms with Gasteiger partial charge in [-0.05, 0) is 57.5 Å². The van der Waals surface area contributed by atoms with E-state index in [1.54, 1.807) is 24.6 Å². The van der Waals surface area contributed by atoms with Crippen molar-refractivity contribution in [2.75, 3.05) is 44.8 Å². The number of aromatic nitrogens is 2. The van der Waals surface area contributed by atoms with Gasteiger partial charge in [0.2, 0.25) is 5.95 Å². The fraction of sp³-hybridized carbons (Fsp3) is 0.467. The Labute approximate surface area is 228 Å². The number of nitrogens with zero attached hydrogens (tertiary/aromatic N) is 3. The summed E-state index contributed by atoms with van der Waals surface area (Å²) in [6.07, 6.45) is 13.3. The van der Waals surface area contributed by atoms with E-state index in [-0.39, 0.29) is 6.61 Å². The van der Waals surface area contributed by atoms with Gasteiger partial charge in [-0.3, -0.25) is 4.90 Å². The van der Waals surface area contributed by atoms with Gasteiger partial charge in [-0.15, -0.1) is 13.2 Å². The van der Waals surface area contributed by atoms with Gasteiger partial charge in [-0.25, -0.2) is 9.97 Å². The van der Waals surface area contributed by atoms with Gasteiger partial charge in [0.05, 0.1) is 24.7 Å². The number of likely N-dealkylation sites (tertiary alicyclic amines) is 1. The molecular weight excluding hydrogens is 480 g/mol. The first-order chi connectivity index (χ1) is 18.6. The predicted octanol–water partition coefficient (Wildman–Crippen LogP) is 6.35. The number of nitrogens with one attached hydrogen (secondary N) is 1. The van der Waals surface area contributed by atoms with Crippen molar-refractivity contribution in [2.24, 2.45) is 0 Å². The molecule has 2 aromatic rings. The Morgan fingerprint density at radius 2 is 1.97 bits per heavy atom. The molecule has 0 amide bonds. The maximum Gasteiger partial charge on any atom is 0.227 e. The molecule has 8 nitrogen and oxygen atoms in total. The number of ether oxygens (including phenoxy) is 2. The summed E-state index contributed by atoms with van der Waals surface area (Å²) < 4.78 is 16.5. The highest BCUT2D eigenvalue weighted by Gasteiger charge is 2.10. The zero-order valence-corrected chi connectivity index (χ0v) is 23.5. The highest BCUT2D eigenvalue weighted by atomic mass is 16.5. The summed E-state index contributed by atoms with van der Waals surface area (Å²) in [5.74, 6) is 2.35. The van der Waals surface area contributed by atoms with E-state index in [2.05, 4.69) is 52.9 Å². The van der Waals surface area contributed by atoms with E-state index < -0.39 is 0 Å². The minimum Gasteiger partial charge on any atom is -0.497 e. The van der Waals surface area contributed by atoms with E-state index in [1.807, 2.05) is 26.0 Å². The van der Waals surface area contributed by atoms with Gasteiger partial charge in [-0.2, -0.15) is 0 Å². The largest absolute Gasteiger partial charge is 0.497 e. The summed E-state index contributed by atoms with van der Waals surface area (Å²) in [5, 5.41) is 11.7. The Balaban J connectivity index is 0.000000408. The molecule has 2 aromatic heterocycles. The van der Waals surface area contributed by atoms with Crippen molar-refractivity contribution in [2.45, 2.75) is 53.1 Å². The molecule has 0 saturated carbocycles. The number of anilines is 1. The van der Waals surface area contributed by atoms with Crippen molar-refractivity contribution in [3.8, 4) is 11.3 Å². The van der Waals surface area contributed by atoms with Gasteiger partial charge in [0.1, 0.15) is 25.2 Å². The number of hydrogen-bond donors (Lipinski definition) is 2. The molecule has 0 unspecified atom stereocenters. The van der Waals surface area contributed by atoms with Crippen molar-refractivity contribution in [3.63, 3.8) is 0 Å². The molecule has 0 aromatic carbocycles. The van der Waals surface area contributed by atoms with Crippen LogP contribution in [-0.2, 0) is 16.1 Å². The summed E-state index contributed by atoms with van der Waals surface area (Å²) in [6, 6.07) is 3.70. The average molecular weight is 527 g/mol. The van der Waals surface area contributed by atoms with Gasteiger partial charge < -0.3 is 24.3 Å². The van der Waals surface area contributed by atoms with Crippen LogP contribution in [0.4, 0.5) is 5.95 Å². The fourth-order valence-corrected chi connectivity index (χ4v) is 3.49. The molecule has 8 heteroatoms. The molecule has 0 aliphatic carbocycles. The van der Waals surface area contributed by atoms with Crippen LogP contribution in [0.25, 0.3) is 11.3 Å². The lowest BCUT2D eigenvalue weighted by Crippen LogP contribution is -2.23. The molecule has 3 heterocycles. The third-order valence-electron chi connectivity index (χ3n) is 5.62. The smallest absolute Gasteiger partial charge is 0.227 e. The second-order valence-corrected chi connectivity index (χ2v) is 8.32. The van der Waals surface area contributed by atoms with Gasteiger partial charge in [-0.1, -0.05) is 32.6 Å². The van der Waals surface area contributed by atoms with Crippen molar-refractivity contribution < 1.29 is 19.0 Å². The van der Waals surface area contributed by atoms with E-state index in [9.17, 15) is 0 Å². The van der Waals surface area contributed by atoms with Crippen LogP contribution in [-0.4, -0.2) is 59.4 Å². The average Bonchev–Trinajstić information content (AvgIpc) is 3.65. The second kappa shape index (κ2) is 20.8. The monoisotopic (exact) mass is 526 g/mol. The Bertz CT molecular complexity index is 965. The third kappa shape index (κ3) is 13.4. The molecule has 0 spiro atoms. The minimum atomic E-state index is 0.0167. The molecule has 210 valence electrons. The van der Waals surface area contributed by atoms with Crippen LogP contribution in [0.5, 0.6) is 0 Å². The van der Waals surface area contributed by atoms with E-state index >= 15 is 0 Å². The zero-order valence-electron chi connectivity index (χ0n) is 23.5. The molecular formula is C30H46N4O4. The summed E-state index contributed by atoms with van der Waals surface area (Å²) in [6.45, 7) is 21.3. The molecule has 0 radical (unpaired) electrons. The normalized spacial score (nSPS) is 13.4. The molecule has 1 saturated heterocycles. The quantitative estimate of drug-likeness (QED) is 0.167. The highest BCUT2D eigenvalue weighted by molar-refractivity contribution is 5.59. The molecule has 1 aliphatic rings. The molecule has 1 aliphatic heterocycles. The number of aliphatic hydroxyl groups is 1. The van der Waals surface area contributed by atoms with Gasteiger partial charge in [0, 0.05) is 30.4 Å². The second-order valence-electron chi connectivity index (χ2n) is 8.32. The molecule has 1 fully saturated rings. The van der Waals surface area contributed by atoms with Crippen molar-refractivity contribution in [1.29, 1.82) is 0 Å².